The lowest BCUT2D eigenvalue weighted by atomic mass is 10.1. The van der Waals surface area contributed by atoms with Gasteiger partial charge in [0.15, 0.2) is 5.82 Å². The first-order valence-electron chi connectivity index (χ1n) is 10.6. The van der Waals surface area contributed by atoms with Crippen LogP contribution in [0, 0.1) is 20.8 Å². The average molecular weight is 479 g/mol. The smallest absolute Gasteiger partial charge is 0.257 e. The summed E-state index contributed by atoms with van der Waals surface area (Å²) in [5.74, 6) is 0.371. The summed E-state index contributed by atoms with van der Waals surface area (Å²) in [5, 5.41) is 14.0. The number of carbonyl (C=O) groups is 2. The summed E-state index contributed by atoms with van der Waals surface area (Å²) in [4.78, 5) is 29.5. The molecule has 4 rings (SSSR count). The molecule has 1 unspecified atom stereocenters. The number of nitrogens with one attached hydrogen (secondary N) is 2. The van der Waals surface area contributed by atoms with Gasteiger partial charge in [0.1, 0.15) is 6.04 Å². The Morgan fingerprint density at radius 2 is 1.76 bits per heavy atom. The van der Waals surface area contributed by atoms with E-state index in [-0.39, 0.29) is 11.8 Å². The van der Waals surface area contributed by atoms with Gasteiger partial charge in [-0.1, -0.05) is 16.8 Å². The zero-order valence-corrected chi connectivity index (χ0v) is 19.8. The maximum atomic E-state index is 12.7. The lowest BCUT2D eigenvalue weighted by molar-refractivity contribution is -0.119. The van der Waals surface area contributed by atoms with E-state index in [1.807, 2.05) is 19.9 Å². The van der Waals surface area contributed by atoms with E-state index in [2.05, 4.69) is 25.9 Å². The predicted molar refractivity (Wildman–Crippen MR) is 129 cm³/mol. The summed E-state index contributed by atoms with van der Waals surface area (Å²) in [6.45, 7) is 7.27. The Labute approximate surface area is 201 Å². The van der Waals surface area contributed by atoms with E-state index in [1.165, 1.54) is 0 Å². The Kier molecular flexibility index (Phi) is 6.47. The third-order valence-corrected chi connectivity index (χ3v) is 5.51. The minimum atomic E-state index is -0.511. The van der Waals surface area contributed by atoms with E-state index < -0.39 is 6.04 Å². The van der Waals surface area contributed by atoms with Gasteiger partial charge in [-0.15, -0.1) is 0 Å². The standard InChI is InChI=1S/C24H23ClN6O3/c1-13-11-14(2)31(29-13)15(3)22(32)28-21-10-9-19(12-20(21)25)27-23(33)17-5-7-18(8-6-17)24-26-16(4)30-34-24/h5-12,15H,1-4H3,(H,27,33)(H,28,32). The number of nitrogens with zero attached hydrogens (tertiary/aromatic N) is 4. The van der Waals surface area contributed by atoms with Gasteiger partial charge in [-0.2, -0.15) is 10.1 Å². The van der Waals surface area contributed by atoms with Crippen molar-refractivity contribution in [2.24, 2.45) is 0 Å². The molecule has 2 N–H and O–H groups in total. The second-order valence-electron chi connectivity index (χ2n) is 7.91. The maximum absolute atomic E-state index is 12.7. The van der Waals surface area contributed by atoms with Gasteiger partial charge in [0, 0.05) is 22.5 Å². The molecule has 0 bridgehead atoms. The number of benzene rings is 2. The molecular weight excluding hydrogens is 456 g/mol. The van der Waals surface area contributed by atoms with Crippen LogP contribution in [0.3, 0.4) is 0 Å². The highest BCUT2D eigenvalue weighted by atomic mass is 35.5. The topological polar surface area (TPSA) is 115 Å². The predicted octanol–water partition coefficient (Wildman–Crippen LogP) is 4.96. The zero-order chi connectivity index (χ0) is 24.4. The van der Waals surface area contributed by atoms with Crippen LogP contribution in [0.2, 0.25) is 5.02 Å². The number of rotatable bonds is 6. The molecule has 34 heavy (non-hydrogen) atoms. The van der Waals surface area contributed by atoms with Gasteiger partial charge < -0.3 is 15.2 Å². The van der Waals surface area contributed by atoms with Crippen LogP contribution in [0.1, 0.15) is 40.5 Å². The van der Waals surface area contributed by atoms with Gasteiger partial charge in [0.25, 0.3) is 11.8 Å². The van der Waals surface area contributed by atoms with Crippen LogP contribution in [0.15, 0.2) is 53.1 Å². The largest absolute Gasteiger partial charge is 0.334 e. The number of amides is 2. The van der Waals surface area contributed by atoms with E-state index in [9.17, 15) is 9.59 Å². The molecule has 0 radical (unpaired) electrons. The Balaban J connectivity index is 1.41. The molecule has 174 valence electrons. The zero-order valence-electron chi connectivity index (χ0n) is 19.1. The molecule has 2 aromatic carbocycles. The highest BCUT2D eigenvalue weighted by Crippen LogP contribution is 2.27. The molecule has 0 aliphatic carbocycles. The molecule has 2 aromatic heterocycles. The molecule has 0 saturated carbocycles. The van der Waals surface area contributed by atoms with Crippen LogP contribution in [-0.4, -0.2) is 31.7 Å². The molecule has 0 spiro atoms. The van der Waals surface area contributed by atoms with Crippen molar-refractivity contribution in [3.05, 3.63) is 76.3 Å². The Morgan fingerprint density at radius 1 is 1.03 bits per heavy atom. The van der Waals surface area contributed by atoms with Crippen molar-refractivity contribution in [2.45, 2.75) is 33.7 Å². The highest BCUT2D eigenvalue weighted by Gasteiger charge is 2.19. The van der Waals surface area contributed by atoms with Crippen molar-refractivity contribution in [3.8, 4) is 11.5 Å². The average Bonchev–Trinajstić information content (AvgIpc) is 3.39. The first-order chi connectivity index (χ1) is 16.2. The minimum absolute atomic E-state index is 0.249. The number of carbonyl (C=O) groups excluding carboxylic acids is 2. The van der Waals surface area contributed by atoms with E-state index in [0.29, 0.717) is 33.7 Å². The monoisotopic (exact) mass is 478 g/mol. The third kappa shape index (κ3) is 4.99. The second kappa shape index (κ2) is 9.48. The van der Waals surface area contributed by atoms with E-state index >= 15 is 0 Å². The summed E-state index contributed by atoms with van der Waals surface area (Å²) in [6, 6.07) is 13.1. The van der Waals surface area contributed by atoms with Gasteiger partial charge in [-0.3, -0.25) is 14.3 Å². The fraction of sp³-hybridized carbons (Fsp3) is 0.208. The normalized spacial score (nSPS) is 11.8. The number of aryl methyl sites for hydroxylation is 3. The van der Waals surface area contributed by atoms with E-state index in [1.54, 1.807) is 61.0 Å². The van der Waals surface area contributed by atoms with Crippen LogP contribution in [0.25, 0.3) is 11.5 Å². The fourth-order valence-corrected chi connectivity index (χ4v) is 3.69. The quantitative estimate of drug-likeness (QED) is 0.404. The number of anilines is 2. The van der Waals surface area contributed by atoms with Gasteiger partial charge in [0.2, 0.25) is 5.91 Å². The Morgan fingerprint density at radius 3 is 2.35 bits per heavy atom. The van der Waals surface area contributed by atoms with Crippen molar-refractivity contribution in [2.75, 3.05) is 10.6 Å². The molecule has 0 fully saturated rings. The number of hydrogen-bond donors (Lipinski definition) is 2. The first kappa shape index (κ1) is 23.2. The summed E-state index contributed by atoms with van der Waals surface area (Å²) < 4.78 is 6.80. The minimum Gasteiger partial charge on any atom is -0.334 e. The fourth-order valence-electron chi connectivity index (χ4n) is 3.46. The molecule has 1 atom stereocenters. The van der Waals surface area contributed by atoms with Crippen LogP contribution in [-0.2, 0) is 4.79 Å². The summed E-state index contributed by atoms with van der Waals surface area (Å²) in [7, 11) is 0. The molecule has 4 aromatic rings. The van der Waals surface area contributed by atoms with Crippen molar-refractivity contribution >= 4 is 34.8 Å². The van der Waals surface area contributed by atoms with Crippen molar-refractivity contribution in [3.63, 3.8) is 0 Å². The maximum Gasteiger partial charge on any atom is 0.257 e. The number of hydrogen-bond acceptors (Lipinski definition) is 6. The molecule has 10 heteroatoms. The van der Waals surface area contributed by atoms with Gasteiger partial charge in [0.05, 0.1) is 16.4 Å². The number of halogens is 1. The van der Waals surface area contributed by atoms with Crippen LogP contribution < -0.4 is 10.6 Å². The molecule has 2 amide bonds. The Hall–Kier alpha value is -3.98. The highest BCUT2D eigenvalue weighted by molar-refractivity contribution is 6.34. The first-order valence-corrected chi connectivity index (χ1v) is 10.9. The summed E-state index contributed by atoms with van der Waals surface area (Å²) in [6.07, 6.45) is 0. The molecule has 0 saturated heterocycles. The third-order valence-electron chi connectivity index (χ3n) is 5.20. The Bertz CT molecular complexity index is 1360. The molecule has 9 nitrogen and oxygen atoms in total. The van der Waals surface area contributed by atoms with Crippen LogP contribution in [0.5, 0.6) is 0 Å². The van der Waals surface area contributed by atoms with Crippen molar-refractivity contribution in [1.29, 1.82) is 0 Å². The van der Waals surface area contributed by atoms with Crippen LogP contribution >= 0.6 is 11.6 Å². The van der Waals surface area contributed by atoms with Gasteiger partial charge in [-0.05, 0) is 76.2 Å². The lowest BCUT2D eigenvalue weighted by Crippen LogP contribution is -2.25. The van der Waals surface area contributed by atoms with E-state index in [0.717, 1.165) is 17.0 Å². The van der Waals surface area contributed by atoms with Crippen LogP contribution in [0.4, 0.5) is 11.4 Å². The molecule has 2 heterocycles. The molecular formula is C24H23ClN6O3. The molecule has 0 aliphatic rings. The summed E-state index contributed by atoms with van der Waals surface area (Å²) >= 11 is 6.37. The van der Waals surface area contributed by atoms with Crippen molar-refractivity contribution < 1.29 is 14.1 Å². The SMILES string of the molecule is Cc1cc(C)n(C(C)C(=O)Nc2ccc(NC(=O)c3ccc(-c4nc(C)no4)cc3)cc2Cl)n1. The lowest BCUT2D eigenvalue weighted by Gasteiger charge is -2.16. The summed E-state index contributed by atoms with van der Waals surface area (Å²) in [5.41, 5.74) is 3.84. The number of aromatic nitrogens is 4. The van der Waals surface area contributed by atoms with E-state index in [4.69, 9.17) is 16.1 Å². The second-order valence-corrected chi connectivity index (χ2v) is 8.32. The van der Waals surface area contributed by atoms with Gasteiger partial charge >= 0.3 is 0 Å². The van der Waals surface area contributed by atoms with Crippen molar-refractivity contribution in [1.82, 2.24) is 19.9 Å². The molecule has 0 aliphatic heterocycles. The van der Waals surface area contributed by atoms with Gasteiger partial charge in [-0.25, -0.2) is 0 Å².